The van der Waals surface area contributed by atoms with Crippen molar-refractivity contribution in [2.24, 2.45) is 0 Å². The van der Waals surface area contributed by atoms with Gasteiger partial charge in [0, 0.05) is 32.6 Å². The van der Waals surface area contributed by atoms with Gasteiger partial charge in [-0.3, -0.25) is 4.79 Å². The van der Waals surface area contributed by atoms with Crippen LogP contribution in [0.15, 0.2) is 12.7 Å². The van der Waals surface area contributed by atoms with E-state index in [-0.39, 0.29) is 19.1 Å². The molecule has 1 amide bonds. The molecule has 0 spiro atoms. The Kier molecular flexibility index (Phi) is 5.45. The lowest BCUT2D eigenvalue weighted by Gasteiger charge is -2.37. The first-order valence-corrected chi connectivity index (χ1v) is 5.45. The number of hydrogen-bond donors (Lipinski definition) is 2. The summed E-state index contributed by atoms with van der Waals surface area (Å²) in [5.74, 6) is -0.210. The number of amides is 1. The predicted octanol–water partition coefficient (Wildman–Crippen LogP) is -0.153. The van der Waals surface area contributed by atoms with Gasteiger partial charge in [0.1, 0.15) is 0 Å². The summed E-state index contributed by atoms with van der Waals surface area (Å²) in [7, 11) is 0. The number of aliphatic hydroxyl groups excluding tert-OH is 1. The monoisotopic (exact) mass is 229 g/mol. The molecule has 1 heterocycles. The fraction of sp³-hybridized carbons (Fsp3) is 0.727. The van der Waals surface area contributed by atoms with Crippen LogP contribution in [0.1, 0.15) is 12.8 Å². The Morgan fingerprint density at radius 1 is 1.56 bits per heavy atom. The lowest BCUT2D eigenvalue weighted by molar-refractivity contribution is -0.127. The Morgan fingerprint density at radius 2 is 2.25 bits per heavy atom. The van der Waals surface area contributed by atoms with Crippen molar-refractivity contribution in [3.05, 3.63) is 12.7 Å². The van der Waals surface area contributed by atoms with E-state index in [1.54, 1.807) is 0 Å². The van der Waals surface area contributed by atoms with E-state index in [2.05, 4.69) is 11.9 Å². The lowest BCUT2D eigenvalue weighted by atomic mass is 9.94. The van der Waals surface area contributed by atoms with Crippen molar-refractivity contribution in [3.8, 4) is 0 Å². The molecule has 2 N–H and O–H groups in total. The topological polar surface area (TPSA) is 67.8 Å². The fourth-order valence-electron chi connectivity index (χ4n) is 1.70. The van der Waals surface area contributed by atoms with Gasteiger partial charge in [-0.15, -0.1) is 0 Å². The molecule has 0 atom stereocenters. The third kappa shape index (κ3) is 3.92. The summed E-state index contributed by atoms with van der Waals surface area (Å²) in [5.41, 5.74) is -0.403. The number of carbonyl (C=O) groups excluding carboxylic acids is 1. The summed E-state index contributed by atoms with van der Waals surface area (Å²) in [6.07, 6.45) is 2.69. The molecule has 0 aromatic rings. The molecule has 16 heavy (non-hydrogen) atoms. The SMILES string of the molecule is C=CC(=O)NCC1(OCCO)CCOCC1. The van der Waals surface area contributed by atoms with E-state index in [1.807, 2.05) is 0 Å². The van der Waals surface area contributed by atoms with Crippen molar-refractivity contribution in [1.29, 1.82) is 0 Å². The Balaban J connectivity index is 2.48. The second-order valence-electron chi connectivity index (χ2n) is 3.79. The average Bonchev–Trinajstić information content (AvgIpc) is 2.35. The zero-order chi connectivity index (χ0) is 11.9. The van der Waals surface area contributed by atoms with Crippen molar-refractivity contribution in [2.45, 2.75) is 18.4 Å². The molecule has 0 bridgehead atoms. The highest BCUT2D eigenvalue weighted by Crippen LogP contribution is 2.24. The van der Waals surface area contributed by atoms with E-state index in [4.69, 9.17) is 14.6 Å². The van der Waals surface area contributed by atoms with E-state index in [0.717, 1.165) is 12.8 Å². The quantitative estimate of drug-likeness (QED) is 0.621. The van der Waals surface area contributed by atoms with Gasteiger partial charge >= 0.3 is 0 Å². The molecule has 1 aliphatic heterocycles. The maximum atomic E-state index is 11.1. The molecule has 1 saturated heterocycles. The van der Waals surface area contributed by atoms with Crippen LogP contribution in [-0.2, 0) is 14.3 Å². The maximum absolute atomic E-state index is 11.1. The average molecular weight is 229 g/mol. The second kappa shape index (κ2) is 6.62. The fourth-order valence-corrected chi connectivity index (χ4v) is 1.70. The van der Waals surface area contributed by atoms with Crippen LogP contribution in [0.4, 0.5) is 0 Å². The Labute approximate surface area is 95.4 Å². The summed E-state index contributed by atoms with van der Waals surface area (Å²) in [4.78, 5) is 11.1. The minimum absolute atomic E-state index is 0.0159. The Morgan fingerprint density at radius 3 is 2.81 bits per heavy atom. The standard InChI is InChI=1S/C11H19NO4/c1-2-10(14)12-9-11(16-8-5-13)3-6-15-7-4-11/h2,13H,1,3-9H2,(H,12,14). The second-order valence-corrected chi connectivity index (χ2v) is 3.79. The number of carbonyl (C=O) groups is 1. The minimum atomic E-state index is -0.403. The van der Waals surface area contributed by atoms with Crippen molar-refractivity contribution in [1.82, 2.24) is 5.32 Å². The Bertz CT molecular complexity index is 236. The van der Waals surface area contributed by atoms with E-state index in [0.29, 0.717) is 19.8 Å². The first kappa shape index (κ1) is 13.2. The molecule has 1 fully saturated rings. The molecule has 0 radical (unpaired) electrons. The zero-order valence-electron chi connectivity index (χ0n) is 9.41. The van der Waals surface area contributed by atoms with E-state index in [1.165, 1.54) is 6.08 Å². The summed E-state index contributed by atoms with van der Waals surface area (Å²) in [5, 5.41) is 11.5. The van der Waals surface area contributed by atoms with Crippen LogP contribution in [0.3, 0.4) is 0 Å². The number of nitrogens with one attached hydrogen (secondary N) is 1. The van der Waals surface area contributed by atoms with Crippen LogP contribution in [-0.4, -0.2) is 49.6 Å². The molecule has 0 aliphatic carbocycles. The molecular formula is C11H19NO4. The van der Waals surface area contributed by atoms with Gasteiger partial charge in [0.25, 0.3) is 0 Å². The summed E-state index contributed by atoms with van der Waals surface area (Å²) in [6, 6.07) is 0. The predicted molar refractivity (Wildman–Crippen MR) is 59.0 cm³/mol. The third-order valence-electron chi connectivity index (χ3n) is 2.67. The maximum Gasteiger partial charge on any atom is 0.243 e. The van der Waals surface area contributed by atoms with Gasteiger partial charge in [-0.25, -0.2) is 0 Å². The number of aliphatic hydroxyl groups is 1. The van der Waals surface area contributed by atoms with Gasteiger partial charge in [0.05, 0.1) is 18.8 Å². The normalized spacial score (nSPS) is 19.1. The van der Waals surface area contributed by atoms with Gasteiger partial charge in [0.15, 0.2) is 0 Å². The van der Waals surface area contributed by atoms with Gasteiger partial charge in [-0.05, 0) is 6.08 Å². The minimum Gasteiger partial charge on any atom is -0.394 e. The molecule has 0 saturated carbocycles. The molecule has 1 rings (SSSR count). The molecule has 0 aromatic carbocycles. The highest BCUT2D eigenvalue weighted by atomic mass is 16.5. The van der Waals surface area contributed by atoms with Gasteiger partial charge < -0.3 is 19.9 Å². The van der Waals surface area contributed by atoms with Gasteiger partial charge in [0.2, 0.25) is 5.91 Å². The highest BCUT2D eigenvalue weighted by molar-refractivity contribution is 5.86. The van der Waals surface area contributed by atoms with E-state index >= 15 is 0 Å². The van der Waals surface area contributed by atoms with Gasteiger partial charge in [-0.1, -0.05) is 6.58 Å². The number of rotatable bonds is 6. The van der Waals surface area contributed by atoms with Crippen LogP contribution in [0.2, 0.25) is 0 Å². The van der Waals surface area contributed by atoms with Crippen molar-refractivity contribution >= 4 is 5.91 Å². The third-order valence-corrected chi connectivity index (χ3v) is 2.67. The summed E-state index contributed by atoms with van der Waals surface area (Å²) < 4.78 is 10.9. The first-order valence-electron chi connectivity index (χ1n) is 5.45. The molecule has 5 heteroatoms. The van der Waals surface area contributed by atoms with Gasteiger partial charge in [-0.2, -0.15) is 0 Å². The van der Waals surface area contributed by atoms with Crippen LogP contribution in [0.5, 0.6) is 0 Å². The van der Waals surface area contributed by atoms with Crippen LogP contribution < -0.4 is 5.32 Å². The van der Waals surface area contributed by atoms with E-state index < -0.39 is 5.60 Å². The van der Waals surface area contributed by atoms with Crippen LogP contribution in [0, 0.1) is 0 Å². The molecule has 5 nitrogen and oxygen atoms in total. The molecule has 92 valence electrons. The molecule has 0 aromatic heterocycles. The summed E-state index contributed by atoms with van der Waals surface area (Å²) >= 11 is 0. The Hall–Kier alpha value is -0.910. The number of ether oxygens (including phenoxy) is 2. The van der Waals surface area contributed by atoms with Crippen LogP contribution >= 0.6 is 0 Å². The lowest BCUT2D eigenvalue weighted by Crippen LogP contribution is -2.48. The van der Waals surface area contributed by atoms with Crippen LogP contribution in [0.25, 0.3) is 0 Å². The molecule has 0 unspecified atom stereocenters. The highest BCUT2D eigenvalue weighted by Gasteiger charge is 2.33. The zero-order valence-corrected chi connectivity index (χ0v) is 9.41. The summed E-state index contributed by atoms with van der Waals surface area (Å²) in [6.45, 7) is 5.33. The number of hydrogen-bond acceptors (Lipinski definition) is 4. The van der Waals surface area contributed by atoms with Crippen molar-refractivity contribution < 1.29 is 19.4 Å². The molecule has 1 aliphatic rings. The smallest absolute Gasteiger partial charge is 0.243 e. The van der Waals surface area contributed by atoms with Crippen molar-refractivity contribution in [2.75, 3.05) is 33.0 Å². The van der Waals surface area contributed by atoms with E-state index in [9.17, 15) is 4.79 Å². The molecular weight excluding hydrogens is 210 g/mol. The first-order chi connectivity index (χ1) is 7.72. The van der Waals surface area contributed by atoms with Crippen molar-refractivity contribution in [3.63, 3.8) is 0 Å². The largest absolute Gasteiger partial charge is 0.394 e.